The van der Waals surface area contributed by atoms with Gasteiger partial charge in [0.1, 0.15) is 5.75 Å². The highest BCUT2D eigenvalue weighted by Gasteiger charge is 2.33. The molecule has 1 saturated carbocycles. The molecule has 10 heteroatoms. The summed E-state index contributed by atoms with van der Waals surface area (Å²) in [7, 11) is 3.49. The van der Waals surface area contributed by atoms with Crippen LogP contribution in [0.4, 0.5) is 13.2 Å². The number of para-hydroxylation sites is 1. The molecule has 7 nitrogen and oxygen atoms in total. The zero-order chi connectivity index (χ0) is 23.6. The minimum absolute atomic E-state index is 0.150. The Balaban J connectivity index is 1.42. The topological polar surface area (TPSA) is 74.0 Å². The molecule has 1 aliphatic rings. The second kappa shape index (κ2) is 9.29. The predicted octanol–water partition coefficient (Wildman–Crippen LogP) is 4.42. The third kappa shape index (κ3) is 5.37. The quantitative estimate of drug-likeness (QED) is 0.590. The Bertz CT molecular complexity index is 1110. The molecule has 0 spiro atoms. The van der Waals surface area contributed by atoms with E-state index in [1.165, 1.54) is 34.6 Å². The van der Waals surface area contributed by atoms with Crippen LogP contribution in [0, 0.1) is 5.92 Å². The normalized spacial score (nSPS) is 18.8. The minimum Gasteiger partial charge on any atom is -0.405 e. The van der Waals surface area contributed by atoms with Crippen LogP contribution in [0.3, 0.4) is 0 Å². The summed E-state index contributed by atoms with van der Waals surface area (Å²) in [6, 6.07) is 5.74. The van der Waals surface area contributed by atoms with Crippen LogP contribution < -0.4 is 10.1 Å². The summed E-state index contributed by atoms with van der Waals surface area (Å²) in [6.07, 6.45) is 4.54. The van der Waals surface area contributed by atoms with Gasteiger partial charge in [0.15, 0.2) is 0 Å². The molecule has 0 aliphatic heterocycles. The number of aryl methyl sites for hydroxylation is 2. The number of ether oxygens (including phenoxy) is 1. The lowest BCUT2D eigenvalue weighted by atomic mass is 9.79. The van der Waals surface area contributed by atoms with E-state index in [2.05, 4.69) is 26.4 Å². The Morgan fingerprint density at radius 1 is 1.12 bits per heavy atom. The fraction of sp³-hybridized carbons (Fsp3) is 0.435. The van der Waals surface area contributed by atoms with E-state index in [1.807, 2.05) is 17.9 Å². The summed E-state index contributed by atoms with van der Waals surface area (Å²) in [6.45, 7) is 0.508. The molecule has 1 N–H and O–H groups in total. The maximum absolute atomic E-state index is 12.9. The van der Waals surface area contributed by atoms with Crippen molar-refractivity contribution < 1.29 is 22.7 Å². The van der Waals surface area contributed by atoms with Gasteiger partial charge in [0, 0.05) is 32.4 Å². The van der Waals surface area contributed by atoms with E-state index >= 15 is 0 Å². The smallest absolute Gasteiger partial charge is 0.405 e. The van der Waals surface area contributed by atoms with Crippen LogP contribution in [-0.4, -0.2) is 38.4 Å². The second-order valence-electron chi connectivity index (χ2n) is 8.45. The number of nitrogens with one attached hydrogen (secondary N) is 1. The summed E-state index contributed by atoms with van der Waals surface area (Å²) in [5.41, 5.74) is 1.88. The van der Waals surface area contributed by atoms with E-state index in [-0.39, 0.29) is 28.5 Å². The molecule has 2 aromatic heterocycles. The molecule has 1 aliphatic carbocycles. The van der Waals surface area contributed by atoms with E-state index in [0.29, 0.717) is 18.4 Å². The number of halogens is 3. The van der Waals surface area contributed by atoms with E-state index < -0.39 is 6.36 Å². The molecule has 1 fully saturated rings. The average molecular weight is 461 g/mol. The van der Waals surface area contributed by atoms with Gasteiger partial charge in [-0.15, -0.1) is 13.2 Å². The van der Waals surface area contributed by atoms with Crippen molar-refractivity contribution in [1.82, 2.24) is 24.9 Å². The van der Waals surface area contributed by atoms with Crippen LogP contribution >= 0.6 is 0 Å². The Labute approximate surface area is 189 Å². The molecule has 0 atom stereocenters. The molecular formula is C23H26F3N5O2. The number of nitrogens with zero attached hydrogens (tertiary/aromatic N) is 4. The van der Waals surface area contributed by atoms with Crippen molar-refractivity contribution in [1.29, 1.82) is 0 Å². The molecule has 4 rings (SSSR count). The first-order chi connectivity index (χ1) is 15.7. The number of carbonyl (C=O) groups excluding carboxylic acids is 1. The van der Waals surface area contributed by atoms with Gasteiger partial charge in [0.25, 0.3) is 5.91 Å². The molecule has 0 radical (unpaired) electrons. The molecule has 0 bridgehead atoms. The van der Waals surface area contributed by atoms with Crippen LogP contribution in [0.5, 0.6) is 5.75 Å². The fourth-order valence-corrected chi connectivity index (χ4v) is 4.48. The Morgan fingerprint density at radius 3 is 2.52 bits per heavy atom. The van der Waals surface area contributed by atoms with Gasteiger partial charge < -0.3 is 10.1 Å². The number of amides is 1. The number of hydrogen-bond donors (Lipinski definition) is 1. The Hall–Kier alpha value is -3.30. The van der Waals surface area contributed by atoms with Gasteiger partial charge in [0.05, 0.1) is 23.7 Å². The summed E-state index contributed by atoms with van der Waals surface area (Å²) < 4.78 is 45.9. The van der Waals surface area contributed by atoms with E-state index in [1.54, 1.807) is 13.1 Å². The van der Waals surface area contributed by atoms with Gasteiger partial charge in [-0.1, -0.05) is 12.1 Å². The van der Waals surface area contributed by atoms with Crippen molar-refractivity contribution in [2.45, 2.75) is 38.0 Å². The zero-order valence-corrected chi connectivity index (χ0v) is 18.5. The van der Waals surface area contributed by atoms with Crippen LogP contribution in [0.2, 0.25) is 0 Å². The first kappa shape index (κ1) is 22.9. The van der Waals surface area contributed by atoms with Crippen molar-refractivity contribution in [3.8, 4) is 17.0 Å². The lowest BCUT2D eigenvalue weighted by Gasteiger charge is -2.28. The first-order valence-electron chi connectivity index (χ1n) is 10.8. The third-order valence-corrected chi connectivity index (χ3v) is 6.15. The fourth-order valence-electron chi connectivity index (χ4n) is 4.48. The summed E-state index contributed by atoms with van der Waals surface area (Å²) in [5.74, 6) is 0.0919. The monoisotopic (exact) mass is 461 g/mol. The summed E-state index contributed by atoms with van der Waals surface area (Å²) in [5, 5.41) is 11.3. The van der Waals surface area contributed by atoms with Crippen molar-refractivity contribution >= 4 is 5.91 Å². The van der Waals surface area contributed by atoms with Gasteiger partial charge in [-0.25, -0.2) is 0 Å². The number of aromatic nitrogens is 4. The number of rotatable bonds is 6. The van der Waals surface area contributed by atoms with Gasteiger partial charge in [-0.2, -0.15) is 10.2 Å². The first-order valence-corrected chi connectivity index (χ1v) is 10.8. The zero-order valence-electron chi connectivity index (χ0n) is 18.5. The van der Waals surface area contributed by atoms with Gasteiger partial charge in [-0.3, -0.25) is 14.2 Å². The standard InChI is InChI=1S/C23H26F3N5O2/c1-30-14-17(12-28-30)16-9-7-15(8-10-16)11-27-22(32)19-13-29-31(2)21(19)18-5-3-4-6-20(18)33-23(24,25)26/h3-6,12-16H,7-11H2,1-2H3,(H,27,32). The van der Waals surface area contributed by atoms with Gasteiger partial charge in [0.2, 0.25) is 0 Å². The minimum atomic E-state index is -4.84. The predicted molar refractivity (Wildman–Crippen MR) is 116 cm³/mol. The molecule has 1 aromatic carbocycles. The van der Waals surface area contributed by atoms with Crippen molar-refractivity contribution in [3.63, 3.8) is 0 Å². The number of alkyl halides is 3. The molecular weight excluding hydrogens is 435 g/mol. The highest BCUT2D eigenvalue weighted by atomic mass is 19.4. The molecule has 2 heterocycles. The molecule has 33 heavy (non-hydrogen) atoms. The Morgan fingerprint density at radius 2 is 1.85 bits per heavy atom. The average Bonchev–Trinajstić information content (AvgIpc) is 3.37. The van der Waals surface area contributed by atoms with Gasteiger partial charge in [-0.05, 0) is 55.2 Å². The van der Waals surface area contributed by atoms with Crippen LogP contribution in [0.15, 0.2) is 42.9 Å². The van der Waals surface area contributed by atoms with Crippen molar-refractivity contribution in [2.24, 2.45) is 20.0 Å². The number of hydrogen-bond acceptors (Lipinski definition) is 4. The van der Waals surface area contributed by atoms with E-state index in [9.17, 15) is 18.0 Å². The number of benzene rings is 1. The Kier molecular flexibility index (Phi) is 6.44. The molecule has 176 valence electrons. The van der Waals surface area contributed by atoms with E-state index in [4.69, 9.17) is 0 Å². The summed E-state index contributed by atoms with van der Waals surface area (Å²) >= 11 is 0. The van der Waals surface area contributed by atoms with Crippen molar-refractivity contribution in [3.05, 3.63) is 54.0 Å². The van der Waals surface area contributed by atoms with Crippen LogP contribution in [-0.2, 0) is 14.1 Å². The molecule has 1 amide bonds. The maximum atomic E-state index is 12.9. The lowest BCUT2D eigenvalue weighted by Crippen LogP contribution is -2.31. The largest absolute Gasteiger partial charge is 0.573 e. The van der Waals surface area contributed by atoms with Crippen molar-refractivity contribution in [2.75, 3.05) is 6.54 Å². The van der Waals surface area contributed by atoms with Gasteiger partial charge >= 0.3 is 6.36 Å². The SMILES string of the molecule is Cn1cc(C2CCC(CNC(=O)c3cnn(C)c3-c3ccccc3OC(F)(F)F)CC2)cn1. The molecule has 0 unspecified atom stereocenters. The number of carbonyl (C=O) groups is 1. The highest BCUT2D eigenvalue weighted by molar-refractivity contribution is 6.00. The van der Waals surface area contributed by atoms with Crippen LogP contribution in [0.25, 0.3) is 11.3 Å². The third-order valence-electron chi connectivity index (χ3n) is 6.15. The maximum Gasteiger partial charge on any atom is 0.573 e. The molecule has 0 saturated heterocycles. The summed E-state index contributed by atoms with van der Waals surface area (Å²) in [4.78, 5) is 12.9. The molecule has 3 aromatic rings. The highest BCUT2D eigenvalue weighted by Crippen LogP contribution is 2.36. The second-order valence-corrected chi connectivity index (χ2v) is 8.45. The van der Waals surface area contributed by atoms with E-state index in [0.717, 1.165) is 25.7 Å². The lowest BCUT2D eigenvalue weighted by molar-refractivity contribution is -0.274. The van der Waals surface area contributed by atoms with Crippen LogP contribution in [0.1, 0.15) is 47.5 Å².